The average molecular weight is 352 g/mol. The summed E-state index contributed by atoms with van der Waals surface area (Å²) >= 11 is 1.46. The van der Waals surface area contributed by atoms with Crippen LogP contribution < -0.4 is 14.3 Å². The number of aromatic nitrogens is 1. The monoisotopic (exact) mass is 352 g/mol. The lowest BCUT2D eigenvalue weighted by molar-refractivity contribution is -0.120. The summed E-state index contributed by atoms with van der Waals surface area (Å²) in [6, 6.07) is 3.82. The topological polar surface area (TPSA) is 62.1 Å². The minimum Gasteiger partial charge on any atom is -0.493 e. The second-order valence-electron chi connectivity index (χ2n) is 5.51. The number of methoxy groups -OCH3 is 2. The first kappa shape index (κ1) is 18.5. The maximum absolute atomic E-state index is 12.1. The molecule has 2 rings (SSSR count). The third-order valence-electron chi connectivity index (χ3n) is 3.55. The van der Waals surface area contributed by atoms with Crippen LogP contribution in [0.4, 0.5) is 0 Å². The molecule has 1 aromatic carbocycles. The molecule has 1 heterocycles. The Morgan fingerprint density at radius 1 is 1.25 bits per heavy atom. The summed E-state index contributed by atoms with van der Waals surface area (Å²) in [4.78, 5) is 17.0. The van der Waals surface area contributed by atoms with Gasteiger partial charge in [0.25, 0.3) is 5.91 Å². The molecule has 0 bridgehead atoms. The molecule has 0 radical (unpaired) electrons. The Bertz CT molecular complexity index is 777. The molecule has 0 fully saturated rings. The molecule has 0 aliphatic rings. The van der Waals surface area contributed by atoms with Crippen LogP contribution in [0.2, 0.25) is 0 Å². The summed E-state index contributed by atoms with van der Waals surface area (Å²) in [7, 11) is 3.21. The van der Waals surface area contributed by atoms with Crippen molar-refractivity contribution in [3.8, 4) is 11.5 Å². The van der Waals surface area contributed by atoms with Crippen molar-refractivity contribution in [2.24, 2.45) is 10.9 Å². The second-order valence-corrected chi connectivity index (χ2v) is 6.52. The number of fused-ring (bicyclic) bond motifs is 1. The lowest BCUT2D eigenvalue weighted by atomic mass is 10.2. The summed E-state index contributed by atoms with van der Waals surface area (Å²) in [5.74, 6) is 1.03. The van der Waals surface area contributed by atoms with E-state index in [1.165, 1.54) is 11.3 Å². The van der Waals surface area contributed by atoms with E-state index in [-0.39, 0.29) is 11.8 Å². The molecule has 132 valence electrons. The van der Waals surface area contributed by atoms with Gasteiger partial charge in [0.05, 0.1) is 31.0 Å². The average Bonchev–Trinajstić information content (AvgIpc) is 2.90. The van der Waals surface area contributed by atoms with Gasteiger partial charge < -0.3 is 18.8 Å². The zero-order valence-corrected chi connectivity index (χ0v) is 15.6. The molecule has 0 saturated carbocycles. The van der Waals surface area contributed by atoms with Gasteiger partial charge in [-0.15, -0.1) is 0 Å². The van der Waals surface area contributed by atoms with Crippen LogP contribution in [-0.2, 0) is 16.1 Å². The Balaban J connectivity index is 2.62. The van der Waals surface area contributed by atoms with Crippen molar-refractivity contribution in [3.05, 3.63) is 16.9 Å². The molecule has 0 saturated heterocycles. The van der Waals surface area contributed by atoms with Crippen LogP contribution in [0.3, 0.4) is 0 Å². The Morgan fingerprint density at radius 3 is 2.50 bits per heavy atom. The predicted molar refractivity (Wildman–Crippen MR) is 94.8 cm³/mol. The summed E-state index contributed by atoms with van der Waals surface area (Å²) < 4.78 is 19.2. The fourth-order valence-corrected chi connectivity index (χ4v) is 3.29. The van der Waals surface area contributed by atoms with E-state index in [1.807, 2.05) is 37.5 Å². The summed E-state index contributed by atoms with van der Waals surface area (Å²) in [6.07, 6.45) is 0. The minimum atomic E-state index is -0.139. The normalized spacial score (nSPS) is 12.2. The molecule has 0 atom stereocenters. The van der Waals surface area contributed by atoms with E-state index in [2.05, 4.69) is 4.99 Å². The van der Waals surface area contributed by atoms with E-state index in [0.717, 1.165) is 10.2 Å². The molecule has 1 amide bonds. The van der Waals surface area contributed by atoms with Gasteiger partial charge in [-0.1, -0.05) is 25.2 Å². The smallest absolute Gasteiger partial charge is 0.250 e. The van der Waals surface area contributed by atoms with Crippen molar-refractivity contribution >= 4 is 27.5 Å². The number of hydrogen-bond donors (Lipinski definition) is 0. The van der Waals surface area contributed by atoms with Crippen molar-refractivity contribution < 1.29 is 19.0 Å². The first-order valence-corrected chi connectivity index (χ1v) is 8.75. The fourth-order valence-electron chi connectivity index (χ4n) is 2.22. The van der Waals surface area contributed by atoms with Crippen LogP contribution >= 0.6 is 11.3 Å². The molecule has 6 nitrogen and oxygen atoms in total. The Kier molecular flexibility index (Phi) is 6.39. The quantitative estimate of drug-likeness (QED) is 0.719. The van der Waals surface area contributed by atoms with E-state index < -0.39 is 0 Å². The van der Waals surface area contributed by atoms with Crippen molar-refractivity contribution in [2.45, 2.75) is 27.3 Å². The van der Waals surface area contributed by atoms with E-state index in [9.17, 15) is 4.79 Å². The minimum absolute atomic E-state index is 0.134. The highest BCUT2D eigenvalue weighted by atomic mass is 32.1. The van der Waals surface area contributed by atoms with Gasteiger partial charge in [-0.2, -0.15) is 4.99 Å². The van der Waals surface area contributed by atoms with Crippen molar-refractivity contribution in [3.63, 3.8) is 0 Å². The van der Waals surface area contributed by atoms with E-state index in [4.69, 9.17) is 14.2 Å². The van der Waals surface area contributed by atoms with Crippen LogP contribution in [0.1, 0.15) is 20.8 Å². The number of nitrogens with zero attached hydrogens (tertiary/aromatic N) is 2. The van der Waals surface area contributed by atoms with Crippen molar-refractivity contribution in [2.75, 3.05) is 27.4 Å². The number of benzene rings is 1. The van der Waals surface area contributed by atoms with Gasteiger partial charge in [0.1, 0.15) is 0 Å². The molecule has 0 aliphatic carbocycles. The van der Waals surface area contributed by atoms with Gasteiger partial charge in [-0.25, -0.2) is 0 Å². The molecular weight excluding hydrogens is 328 g/mol. The van der Waals surface area contributed by atoms with Crippen LogP contribution in [0, 0.1) is 5.92 Å². The van der Waals surface area contributed by atoms with E-state index in [0.29, 0.717) is 36.1 Å². The maximum Gasteiger partial charge on any atom is 0.250 e. The standard InChI is InChI=1S/C17H24N2O4S/c1-6-23-8-7-19-12-9-13(21-4)14(22-5)10-15(12)24-17(19)18-16(20)11(2)3/h9-11H,6-8H2,1-5H3. The van der Waals surface area contributed by atoms with Gasteiger partial charge in [-0.3, -0.25) is 4.79 Å². The van der Waals surface area contributed by atoms with Gasteiger partial charge in [0, 0.05) is 31.2 Å². The Morgan fingerprint density at radius 2 is 1.92 bits per heavy atom. The van der Waals surface area contributed by atoms with Gasteiger partial charge in [0.2, 0.25) is 0 Å². The molecule has 0 spiro atoms. The molecule has 7 heteroatoms. The van der Waals surface area contributed by atoms with Gasteiger partial charge in [0.15, 0.2) is 16.3 Å². The highest BCUT2D eigenvalue weighted by Crippen LogP contribution is 2.33. The van der Waals surface area contributed by atoms with Crippen molar-refractivity contribution in [1.82, 2.24) is 4.57 Å². The number of ether oxygens (including phenoxy) is 3. The van der Waals surface area contributed by atoms with Crippen LogP contribution in [-0.4, -0.2) is 37.9 Å². The predicted octanol–water partition coefficient (Wildman–Crippen LogP) is 2.84. The lowest BCUT2D eigenvalue weighted by Crippen LogP contribution is -2.20. The van der Waals surface area contributed by atoms with E-state index >= 15 is 0 Å². The number of thiazole rings is 1. The van der Waals surface area contributed by atoms with Gasteiger partial charge in [-0.05, 0) is 6.92 Å². The molecular formula is C17H24N2O4S. The second kappa shape index (κ2) is 8.30. The Labute approximate surface area is 145 Å². The lowest BCUT2D eigenvalue weighted by Gasteiger charge is -2.09. The number of hydrogen-bond acceptors (Lipinski definition) is 5. The third-order valence-corrected chi connectivity index (χ3v) is 4.59. The van der Waals surface area contributed by atoms with Crippen molar-refractivity contribution in [1.29, 1.82) is 0 Å². The molecule has 0 unspecified atom stereocenters. The zero-order valence-electron chi connectivity index (χ0n) is 14.8. The van der Waals surface area contributed by atoms with Gasteiger partial charge >= 0.3 is 0 Å². The summed E-state index contributed by atoms with van der Waals surface area (Å²) in [6.45, 7) is 7.47. The molecule has 0 N–H and O–H groups in total. The zero-order chi connectivity index (χ0) is 17.7. The van der Waals surface area contributed by atoms with Crippen LogP contribution in [0.5, 0.6) is 11.5 Å². The Hall–Kier alpha value is -1.86. The number of amides is 1. The number of rotatable bonds is 7. The first-order chi connectivity index (χ1) is 11.5. The molecule has 1 aromatic heterocycles. The number of carbonyl (C=O) groups excluding carboxylic acids is 1. The third kappa shape index (κ3) is 3.96. The fraction of sp³-hybridized carbons (Fsp3) is 0.529. The highest BCUT2D eigenvalue weighted by molar-refractivity contribution is 7.16. The SMILES string of the molecule is CCOCCn1c(=NC(=O)C(C)C)sc2cc(OC)c(OC)cc21. The molecule has 24 heavy (non-hydrogen) atoms. The first-order valence-electron chi connectivity index (χ1n) is 7.93. The maximum atomic E-state index is 12.1. The van der Waals surface area contributed by atoms with Crippen LogP contribution in [0.15, 0.2) is 17.1 Å². The highest BCUT2D eigenvalue weighted by Gasteiger charge is 2.14. The van der Waals surface area contributed by atoms with Crippen LogP contribution in [0.25, 0.3) is 10.2 Å². The summed E-state index contributed by atoms with van der Waals surface area (Å²) in [5.41, 5.74) is 0.952. The number of carbonyl (C=O) groups is 1. The molecule has 0 aliphatic heterocycles. The largest absolute Gasteiger partial charge is 0.493 e. The molecule has 2 aromatic rings. The van der Waals surface area contributed by atoms with E-state index in [1.54, 1.807) is 14.2 Å². The summed E-state index contributed by atoms with van der Waals surface area (Å²) in [5, 5.41) is 0.